The zero-order valence-electron chi connectivity index (χ0n) is 11.4. The molecule has 2 aromatic rings. The Labute approximate surface area is 122 Å². The number of hydrogen-bond acceptors (Lipinski definition) is 1. The molecule has 0 heterocycles. The van der Waals surface area contributed by atoms with Crippen molar-refractivity contribution in [1.29, 1.82) is 0 Å². The van der Waals surface area contributed by atoms with Crippen LogP contribution in [0.3, 0.4) is 0 Å². The molecule has 0 bridgehead atoms. The Morgan fingerprint density at radius 2 is 1.95 bits per heavy atom. The van der Waals surface area contributed by atoms with Crippen LogP contribution in [-0.2, 0) is 6.42 Å². The molecule has 2 aromatic carbocycles. The first-order chi connectivity index (χ1) is 9.52. The largest absolute Gasteiger partial charge is 0.313 e. The molecule has 0 amide bonds. The molecule has 20 heavy (non-hydrogen) atoms. The van der Waals surface area contributed by atoms with Crippen LogP contribution in [0.2, 0.25) is 5.02 Å². The van der Waals surface area contributed by atoms with Crippen LogP contribution in [0.5, 0.6) is 0 Å². The van der Waals surface area contributed by atoms with E-state index in [-0.39, 0.29) is 16.9 Å². The van der Waals surface area contributed by atoms with Gasteiger partial charge in [0.15, 0.2) is 0 Å². The molecule has 0 spiro atoms. The Morgan fingerprint density at radius 1 is 1.20 bits per heavy atom. The van der Waals surface area contributed by atoms with E-state index >= 15 is 0 Å². The highest BCUT2D eigenvalue weighted by molar-refractivity contribution is 6.30. The molecule has 0 aliphatic carbocycles. The monoisotopic (exact) mass is 295 g/mol. The molecule has 0 saturated heterocycles. The number of aryl methyl sites for hydroxylation is 1. The third kappa shape index (κ3) is 3.17. The average Bonchev–Trinajstić information content (AvgIpc) is 2.41. The van der Waals surface area contributed by atoms with Crippen LogP contribution in [0.25, 0.3) is 0 Å². The summed E-state index contributed by atoms with van der Waals surface area (Å²) < 4.78 is 27.1. The molecular weight excluding hydrogens is 280 g/mol. The van der Waals surface area contributed by atoms with Crippen LogP contribution in [0, 0.1) is 18.6 Å². The zero-order valence-corrected chi connectivity index (χ0v) is 12.1. The Hall–Kier alpha value is -1.45. The van der Waals surface area contributed by atoms with Crippen molar-refractivity contribution in [3.05, 3.63) is 69.7 Å². The second kappa shape index (κ2) is 6.33. The maximum atomic E-state index is 14.0. The second-order valence-electron chi connectivity index (χ2n) is 4.76. The van der Waals surface area contributed by atoms with Crippen molar-refractivity contribution >= 4 is 11.6 Å². The molecular formula is C16H16ClF2N. The number of likely N-dealkylation sites (N-methyl/N-ethyl adjacent to an activating group) is 1. The van der Waals surface area contributed by atoms with Gasteiger partial charge in [0.25, 0.3) is 0 Å². The standard InChI is InChI=1S/C16H16ClF2N/c1-10-8-12(18)6-7-13(10)15(20-2)9-11-4-3-5-14(17)16(11)19/h3-8,15,20H,9H2,1-2H3. The van der Waals surface area contributed by atoms with Gasteiger partial charge in [0, 0.05) is 6.04 Å². The van der Waals surface area contributed by atoms with Crippen LogP contribution in [0.4, 0.5) is 8.78 Å². The number of benzene rings is 2. The van der Waals surface area contributed by atoms with Crippen molar-refractivity contribution in [2.24, 2.45) is 0 Å². The fourth-order valence-electron chi connectivity index (χ4n) is 2.32. The van der Waals surface area contributed by atoms with Gasteiger partial charge in [-0.05, 0) is 55.3 Å². The van der Waals surface area contributed by atoms with Crippen LogP contribution >= 0.6 is 11.6 Å². The van der Waals surface area contributed by atoms with E-state index in [4.69, 9.17) is 11.6 Å². The van der Waals surface area contributed by atoms with Gasteiger partial charge in [-0.2, -0.15) is 0 Å². The summed E-state index contributed by atoms with van der Waals surface area (Å²) >= 11 is 5.79. The lowest BCUT2D eigenvalue weighted by molar-refractivity contribution is 0.550. The highest BCUT2D eigenvalue weighted by Gasteiger charge is 2.16. The molecule has 0 aliphatic heterocycles. The Bertz CT molecular complexity index is 613. The molecule has 0 radical (unpaired) electrons. The first-order valence-electron chi connectivity index (χ1n) is 6.39. The third-order valence-corrected chi connectivity index (χ3v) is 3.70. The van der Waals surface area contributed by atoms with Crippen molar-refractivity contribution in [3.8, 4) is 0 Å². The highest BCUT2D eigenvalue weighted by atomic mass is 35.5. The first-order valence-corrected chi connectivity index (χ1v) is 6.77. The van der Waals surface area contributed by atoms with E-state index in [2.05, 4.69) is 5.32 Å². The molecule has 0 aromatic heterocycles. The number of hydrogen-bond donors (Lipinski definition) is 1. The van der Waals surface area contributed by atoms with Gasteiger partial charge < -0.3 is 5.32 Å². The minimum atomic E-state index is -0.394. The highest BCUT2D eigenvalue weighted by Crippen LogP contribution is 2.25. The van der Waals surface area contributed by atoms with Crippen molar-refractivity contribution in [2.75, 3.05) is 7.05 Å². The predicted octanol–water partition coefficient (Wildman–Crippen LogP) is 4.43. The van der Waals surface area contributed by atoms with Crippen molar-refractivity contribution in [3.63, 3.8) is 0 Å². The maximum absolute atomic E-state index is 14.0. The third-order valence-electron chi connectivity index (χ3n) is 3.41. The van der Waals surface area contributed by atoms with Crippen molar-refractivity contribution in [2.45, 2.75) is 19.4 Å². The number of halogens is 3. The summed E-state index contributed by atoms with van der Waals surface area (Å²) in [7, 11) is 1.80. The van der Waals surface area contributed by atoms with E-state index < -0.39 is 5.82 Å². The lowest BCUT2D eigenvalue weighted by atomic mass is 9.95. The predicted molar refractivity (Wildman–Crippen MR) is 78.1 cm³/mol. The molecule has 2 rings (SSSR count). The molecule has 1 nitrogen and oxygen atoms in total. The van der Waals surface area contributed by atoms with Crippen LogP contribution in [-0.4, -0.2) is 7.05 Å². The summed E-state index contributed by atoms with van der Waals surface area (Å²) in [5.74, 6) is -0.663. The summed E-state index contributed by atoms with van der Waals surface area (Å²) in [6.07, 6.45) is 0.454. The topological polar surface area (TPSA) is 12.0 Å². The van der Waals surface area contributed by atoms with Gasteiger partial charge in [0.05, 0.1) is 5.02 Å². The molecule has 0 saturated carbocycles. The summed E-state index contributed by atoms with van der Waals surface area (Å²) in [6, 6.07) is 9.50. The smallest absolute Gasteiger partial charge is 0.145 e. The minimum absolute atomic E-state index is 0.0939. The fourth-order valence-corrected chi connectivity index (χ4v) is 2.52. The van der Waals surface area contributed by atoms with Gasteiger partial charge in [-0.1, -0.05) is 29.8 Å². The van der Waals surface area contributed by atoms with Crippen LogP contribution in [0.15, 0.2) is 36.4 Å². The van der Waals surface area contributed by atoms with Gasteiger partial charge in [-0.15, -0.1) is 0 Å². The van der Waals surface area contributed by atoms with E-state index in [1.165, 1.54) is 18.2 Å². The first kappa shape index (κ1) is 14.9. The summed E-state index contributed by atoms with van der Waals surface area (Å²) in [6.45, 7) is 1.84. The van der Waals surface area contributed by atoms with Gasteiger partial charge in [-0.25, -0.2) is 8.78 Å². The van der Waals surface area contributed by atoms with E-state index in [1.807, 2.05) is 6.92 Å². The summed E-state index contributed by atoms with van der Waals surface area (Å²) in [4.78, 5) is 0. The molecule has 0 aliphatic rings. The number of rotatable bonds is 4. The molecule has 4 heteroatoms. The molecule has 1 unspecified atom stereocenters. The number of nitrogens with one attached hydrogen (secondary N) is 1. The van der Waals surface area contributed by atoms with Gasteiger partial charge in [0.2, 0.25) is 0 Å². The minimum Gasteiger partial charge on any atom is -0.313 e. The maximum Gasteiger partial charge on any atom is 0.145 e. The van der Waals surface area contributed by atoms with E-state index in [9.17, 15) is 8.78 Å². The van der Waals surface area contributed by atoms with Crippen molar-refractivity contribution < 1.29 is 8.78 Å². The van der Waals surface area contributed by atoms with E-state index in [0.29, 0.717) is 12.0 Å². The zero-order chi connectivity index (χ0) is 14.7. The van der Waals surface area contributed by atoms with Gasteiger partial charge in [-0.3, -0.25) is 0 Å². The average molecular weight is 296 g/mol. The molecule has 1 atom stereocenters. The normalized spacial score (nSPS) is 12.4. The molecule has 106 valence electrons. The van der Waals surface area contributed by atoms with Crippen LogP contribution in [0.1, 0.15) is 22.7 Å². The van der Waals surface area contributed by atoms with E-state index in [1.54, 1.807) is 25.2 Å². The van der Waals surface area contributed by atoms with Gasteiger partial charge in [0.1, 0.15) is 11.6 Å². The lowest BCUT2D eigenvalue weighted by Crippen LogP contribution is -2.20. The van der Waals surface area contributed by atoms with E-state index in [0.717, 1.165) is 11.1 Å². The summed E-state index contributed by atoms with van der Waals surface area (Å²) in [5, 5.41) is 3.26. The Balaban J connectivity index is 2.31. The SMILES string of the molecule is CNC(Cc1cccc(Cl)c1F)c1ccc(F)cc1C. The Morgan fingerprint density at radius 3 is 2.60 bits per heavy atom. The Kier molecular flexibility index (Phi) is 4.73. The van der Waals surface area contributed by atoms with Gasteiger partial charge >= 0.3 is 0 Å². The lowest BCUT2D eigenvalue weighted by Gasteiger charge is -2.19. The molecule has 1 N–H and O–H groups in total. The van der Waals surface area contributed by atoms with Crippen molar-refractivity contribution in [1.82, 2.24) is 5.32 Å². The quantitative estimate of drug-likeness (QED) is 0.880. The second-order valence-corrected chi connectivity index (χ2v) is 5.17. The fraction of sp³-hybridized carbons (Fsp3) is 0.250. The summed E-state index contributed by atoms with van der Waals surface area (Å²) in [5.41, 5.74) is 2.33. The van der Waals surface area contributed by atoms with Crippen LogP contribution < -0.4 is 5.32 Å². The molecule has 0 fully saturated rings.